The molecule has 1 aliphatic rings. The zero-order valence-electron chi connectivity index (χ0n) is 12.5. The molecule has 0 aliphatic carbocycles. The van der Waals surface area contributed by atoms with Gasteiger partial charge in [-0.25, -0.2) is 0 Å². The van der Waals surface area contributed by atoms with Crippen LogP contribution in [-0.2, 0) is 12.8 Å². The highest BCUT2D eigenvalue weighted by Gasteiger charge is 2.27. The zero-order chi connectivity index (χ0) is 14.7. The molecule has 21 heavy (non-hydrogen) atoms. The molecule has 2 aromatic carbocycles. The summed E-state index contributed by atoms with van der Waals surface area (Å²) in [5, 5.41) is 10.7. The maximum Gasteiger partial charge on any atom is 0.122 e. The van der Waals surface area contributed by atoms with Gasteiger partial charge in [0.15, 0.2) is 0 Å². The molecule has 2 aromatic rings. The minimum absolute atomic E-state index is 0.122. The van der Waals surface area contributed by atoms with Crippen molar-refractivity contribution < 1.29 is 9.84 Å². The van der Waals surface area contributed by atoms with Gasteiger partial charge >= 0.3 is 0 Å². The first-order valence-electron chi connectivity index (χ1n) is 7.75. The Kier molecular flexibility index (Phi) is 4.26. The second-order valence-corrected chi connectivity index (χ2v) is 5.82. The molecule has 0 bridgehead atoms. The van der Waals surface area contributed by atoms with Crippen molar-refractivity contribution >= 4 is 0 Å². The van der Waals surface area contributed by atoms with Gasteiger partial charge in [-0.05, 0) is 35.6 Å². The van der Waals surface area contributed by atoms with Gasteiger partial charge in [0.2, 0.25) is 0 Å². The molecule has 0 saturated carbocycles. The Morgan fingerprint density at radius 2 is 2.05 bits per heavy atom. The van der Waals surface area contributed by atoms with Crippen molar-refractivity contribution in [3.05, 3.63) is 65.2 Å². The van der Waals surface area contributed by atoms with Crippen LogP contribution in [0.15, 0.2) is 48.5 Å². The molecule has 0 aromatic heterocycles. The number of rotatable bonds is 4. The van der Waals surface area contributed by atoms with Gasteiger partial charge in [0, 0.05) is 5.92 Å². The standard InChI is InChI=1S/C19H22O2/c1-2-6-14-7-5-9-16(11-14)19(20)17-12-15-8-3-4-10-18(15)21-13-17/h3-5,7-11,17,19-20H,2,6,12-13H2,1H3. The molecule has 2 nitrogen and oxygen atoms in total. The fraction of sp³-hybridized carbons (Fsp3) is 0.368. The highest BCUT2D eigenvalue weighted by Crippen LogP contribution is 2.33. The third kappa shape index (κ3) is 3.11. The normalized spacial score (nSPS) is 18.7. The first-order chi connectivity index (χ1) is 10.3. The predicted octanol–water partition coefficient (Wildman–Crippen LogP) is 3.92. The molecule has 0 radical (unpaired) electrons. The van der Waals surface area contributed by atoms with Gasteiger partial charge in [0.1, 0.15) is 5.75 Å². The molecule has 0 spiro atoms. The summed E-state index contributed by atoms with van der Waals surface area (Å²) in [7, 11) is 0. The van der Waals surface area contributed by atoms with Crippen LogP contribution in [0.4, 0.5) is 0 Å². The van der Waals surface area contributed by atoms with Crippen molar-refractivity contribution in [2.75, 3.05) is 6.61 Å². The van der Waals surface area contributed by atoms with Gasteiger partial charge in [-0.1, -0.05) is 55.8 Å². The van der Waals surface area contributed by atoms with Crippen LogP contribution >= 0.6 is 0 Å². The van der Waals surface area contributed by atoms with Crippen molar-refractivity contribution in [2.24, 2.45) is 5.92 Å². The lowest BCUT2D eigenvalue weighted by Crippen LogP contribution is -2.26. The summed E-state index contributed by atoms with van der Waals surface area (Å²) in [5.41, 5.74) is 3.50. The van der Waals surface area contributed by atoms with Crippen LogP contribution in [0.1, 0.15) is 36.1 Å². The van der Waals surface area contributed by atoms with E-state index in [1.165, 1.54) is 11.1 Å². The lowest BCUT2D eigenvalue weighted by molar-refractivity contribution is 0.0644. The van der Waals surface area contributed by atoms with Crippen LogP contribution in [0.5, 0.6) is 5.75 Å². The van der Waals surface area contributed by atoms with Gasteiger partial charge in [0.05, 0.1) is 12.7 Å². The lowest BCUT2D eigenvalue weighted by atomic mass is 9.88. The van der Waals surface area contributed by atoms with Crippen molar-refractivity contribution in [1.82, 2.24) is 0 Å². The fourth-order valence-corrected chi connectivity index (χ4v) is 3.05. The van der Waals surface area contributed by atoms with E-state index in [0.717, 1.165) is 30.6 Å². The molecule has 0 saturated heterocycles. The molecule has 2 unspecified atom stereocenters. The van der Waals surface area contributed by atoms with Crippen LogP contribution in [0.2, 0.25) is 0 Å². The number of aryl methyl sites for hydroxylation is 1. The van der Waals surface area contributed by atoms with E-state index in [-0.39, 0.29) is 5.92 Å². The van der Waals surface area contributed by atoms with Crippen molar-refractivity contribution in [3.63, 3.8) is 0 Å². The maximum atomic E-state index is 10.7. The number of aliphatic hydroxyl groups is 1. The van der Waals surface area contributed by atoms with Gasteiger partial charge in [0.25, 0.3) is 0 Å². The summed E-state index contributed by atoms with van der Waals surface area (Å²) in [6.45, 7) is 2.76. The van der Waals surface area contributed by atoms with Crippen LogP contribution < -0.4 is 4.74 Å². The molecule has 0 fully saturated rings. The SMILES string of the molecule is CCCc1cccc(C(O)C2COc3ccccc3C2)c1. The number of ether oxygens (including phenoxy) is 1. The van der Waals surface area contributed by atoms with Crippen LogP contribution in [0.25, 0.3) is 0 Å². The van der Waals surface area contributed by atoms with Gasteiger partial charge in [-0.3, -0.25) is 0 Å². The average Bonchev–Trinajstić information content (AvgIpc) is 2.54. The second-order valence-electron chi connectivity index (χ2n) is 5.82. The third-order valence-electron chi connectivity index (χ3n) is 4.19. The fourth-order valence-electron chi connectivity index (χ4n) is 3.05. The molecule has 1 aliphatic heterocycles. The quantitative estimate of drug-likeness (QED) is 0.921. The molecule has 2 atom stereocenters. The van der Waals surface area contributed by atoms with Crippen molar-refractivity contribution in [3.8, 4) is 5.75 Å². The summed E-state index contributed by atoms with van der Waals surface area (Å²) in [6.07, 6.45) is 2.59. The van der Waals surface area contributed by atoms with E-state index in [9.17, 15) is 5.11 Å². The summed E-state index contributed by atoms with van der Waals surface area (Å²) < 4.78 is 5.80. The molecular weight excluding hydrogens is 260 g/mol. The number of fused-ring (bicyclic) bond motifs is 1. The lowest BCUT2D eigenvalue weighted by Gasteiger charge is -2.29. The topological polar surface area (TPSA) is 29.5 Å². The highest BCUT2D eigenvalue weighted by atomic mass is 16.5. The second kappa shape index (κ2) is 6.31. The van der Waals surface area contributed by atoms with Gasteiger partial charge in [-0.15, -0.1) is 0 Å². The molecule has 110 valence electrons. The average molecular weight is 282 g/mol. The first-order valence-corrected chi connectivity index (χ1v) is 7.75. The molecule has 3 rings (SSSR count). The Morgan fingerprint density at radius 1 is 1.19 bits per heavy atom. The molecular formula is C19H22O2. The van der Waals surface area contributed by atoms with Crippen LogP contribution in [0, 0.1) is 5.92 Å². The monoisotopic (exact) mass is 282 g/mol. The zero-order valence-corrected chi connectivity index (χ0v) is 12.5. The number of benzene rings is 2. The third-order valence-corrected chi connectivity index (χ3v) is 4.19. The van der Waals surface area contributed by atoms with E-state index < -0.39 is 6.10 Å². The van der Waals surface area contributed by atoms with Gasteiger partial charge < -0.3 is 9.84 Å². The maximum absolute atomic E-state index is 10.7. The number of hydrogen-bond donors (Lipinski definition) is 1. The summed E-state index contributed by atoms with van der Waals surface area (Å²) in [4.78, 5) is 0. The number of aliphatic hydroxyl groups excluding tert-OH is 1. The Morgan fingerprint density at radius 3 is 2.90 bits per heavy atom. The van der Waals surface area contributed by atoms with E-state index >= 15 is 0 Å². The Bertz CT molecular complexity index is 606. The van der Waals surface area contributed by atoms with E-state index in [2.05, 4.69) is 25.1 Å². The van der Waals surface area contributed by atoms with Crippen molar-refractivity contribution in [1.29, 1.82) is 0 Å². The summed E-state index contributed by atoms with van der Waals surface area (Å²) in [5.74, 6) is 1.08. The molecule has 0 amide bonds. The van der Waals surface area contributed by atoms with Crippen LogP contribution in [0.3, 0.4) is 0 Å². The largest absolute Gasteiger partial charge is 0.493 e. The Balaban J connectivity index is 1.77. The summed E-state index contributed by atoms with van der Waals surface area (Å²) >= 11 is 0. The minimum atomic E-state index is -0.463. The predicted molar refractivity (Wildman–Crippen MR) is 84.5 cm³/mol. The van der Waals surface area contributed by atoms with E-state index in [1.807, 2.05) is 30.3 Å². The first kappa shape index (κ1) is 14.2. The van der Waals surface area contributed by atoms with E-state index in [0.29, 0.717) is 6.61 Å². The van der Waals surface area contributed by atoms with Crippen molar-refractivity contribution in [2.45, 2.75) is 32.3 Å². The summed E-state index contributed by atoms with van der Waals surface area (Å²) in [6, 6.07) is 16.4. The smallest absolute Gasteiger partial charge is 0.122 e. The van der Waals surface area contributed by atoms with Gasteiger partial charge in [-0.2, -0.15) is 0 Å². The minimum Gasteiger partial charge on any atom is -0.493 e. The number of hydrogen-bond acceptors (Lipinski definition) is 2. The van der Waals surface area contributed by atoms with E-state index in [1.54, 1.807) is 0 Å². The van der Waals surface area contributed by atoms with E-state index in [4.69, 9.17) is 4.74 Å². The number of para-hydroxylation sites is 1. The molecule has 2 heteroatoms. The molecule has 1 N–H and O–H groups in total. The Hall–Kier alpha value is -1.80. The molecule has 1 heterocycles. The highest BCUT2D eigenvalue weighted by molar-refractivity contribution is 5.36. The van der Waals surface area contributed by atoms with Crippen LogP contribution in [-0.4, -0.2) is 11.7 Å². The Labute approximate surface area is 126 Å².